The van der Waals surface area contributed by atoms with Gasteiger partial charge < -0.3 is 19.3 Å². The fourth-order valence-corrected chi connectivity index (χ4v) is 2.68. The number of anilines is 1. The van der Waals surface area contributed by atoms with E-state index in [0.717, 1.165) is 6.20 Å². The Bertz CT molecular complexity index is 753. The molecule has 0 unspecified atom stereocenters. The van der Waals surface area contributed by atoms with Crippen LogP contribution in [0.25, 0.3) is 0 Å². The number of methoxy groups -OCH3 is 1. The lowest BCUT2D eigenvalue weighted by molar-refractivity contribution is -0.384. The average molecular weight is 402 g/mol. The fraction of sp³-hybridized carbons (Fsp3) is 0.600. The molecule has 0 aromatic carbocycles. The van der Waals surface area contributed by atoms with E-state index in [1.807, 2.05) is 0 Å². The molecular formula is C15H20ClN5O6. The average Bonchev–Trinajstić information content (AvgIpc) is 2.58. The third-order valence-electron chi connectivity index (χ3n) is 3.69. The van der Waals surface area contributed by atoms with Crippen molar-refractivity contribution in [3.63, 3.8) is 0 Å². The summed E-state index contributed by atoms with van der Waals surface area (Å²) in [7, 11) is 1.19. The van der Waals surface area contributed by atoms with Crippen molar-refractivity contribution in [3.05, 3.63) is 21.6 Å². The Hall–Kier alpha value is -2.69. The second-order valence-corrected chi connectivity index (χ2v) is 7.10. The van der Waals surface area contributed by atoms with Gasteiger partial charge in [-0.1, -0.05) is 0 Å². The molecule has 2 rings (SSSR count). The number of ether oxygens (including phenoxy) is 2. The predicted octanol–water partition coefficient (Wildman–Crippen LogP) is 1.64. The molecule has 1 atom stereocenters. The van der Waals surface area contributed by atoms with Crippen LogP contribution in [0.5, 0.6) is 0 Å². The standard InChI is InChI=1S/C15H20ClN5O6/c1-15(2,3)27-14(23)19-5-6-20(10(8-19)12(22)26-4)11-9(21(24)25)7-17-13(16)18-11/h7,10H,5-6,8H2,1-4H3/t10-/m1/s1. The van der Waals surface area contributed by atoms with Crippen molar-refractivity contribution >= 4 is 35.2 Å². The van der Waals surface area contributed by atoms with E-state index in [9.17, 15) is 19.7 Å². The Morgan fingerprint density at radius 3 is 2.59 bits per heavy atom. The van der Waals surface area contributed by atoms with Crippen LogP contribution >= 0.6 is 11.6 Å². The van der Waals surface area contributed by atoms with Crippen LogP contribution in [-0.2, 0) is 14.3 Å². The number of amides is 1. The highest BCUT2D eigenvalue weighted by Crippen LogP contribution is 2.30. The molecule has 0 bridgehead atoms. The molecule has 0 saturated carbocycles. The van der Waals surface area contributed by atoms with Crippen molar-refractivity contribution in [2.45, 2.75) is 32.4 Å². The zero-order chi connectivity index (χ0) is 20.4. The number of nitro groups is 1. The molecule has 11 nitrogen and oxygen atoms in total. The highest BCUT2D eigenvalue weighted by atomic mass is 35.5. The molecule has 1 aliphatic rings. The Morgan fingerprint density at radius 1 is 1.37 bits per heavy atom. The Kier molecular flexibility index (Phi) is 6.04. The van der Waals surface area contributed by atoms with Gasteiger partial charge >= 0.3 is 17.7 Å². The summed E-state index contributed by atoms with van der Waals surface area (Å²) in [5, 5.41) is 11.1. The minimum Gasteiger partial charge on any atom is -0.467 e. The summed E-state index contributed by atoms with van der Waals surface area (Å²) in [5.41, 5.74) is -1.10. The Labute approximate surface area is 160 Å². The number of carbonyl (C=O) groups is 2. The first-order chi connectivity index (χ1) is 12.5. The lowest BCUT2D eigenvalue weighted by atomic mass is 10.1. The highest BCUT2D eigenvalue weighted by molar-refractivity contribution is 6.28. The number of nitrogens with zero attached hydrogens (tertiary/aromatic N) is 5. The highest BCUT2D eigenvalue weighted by Gasteiger charge is 2.40. The van der Waals surface area contributed by atoms with Crippen LogP contribution in [0.1, 0.15) is 20.8 Å². The molecule has 27 heavy (non-hydrogen) atoms. The third-order valence-corrected chi connectivity index (χ3v) is 3.88. The molecule has 1 fully saturated rings. The van der Waals surface area contributed by atoms with E-state index in [1.165, 1.54) is 16.9 Å². The molecule has 1 saturated heterocycles. The van der Waals surface area contributed by atoms with Gasteiger partial charge in [0.2, 0.25) is 11.1 Å². The third kappa shape index (κ3) is 4.94. The number of hydrogen-bond donors (Lipinski definition) is 0. The van der Waals surface area contributed by atoms with Crippen molar-refractivity contribution in [1.29, 1.82) is 0 Å². The number of esters is 1. The van der Waals surface area contributed by atoms with Gasteiger partial charge in [-0.3, -0.25) is 10.1 Å². The van der Waals surface area contributed by atoms with Crippen LogP contribution in [0.15, 0.2) is 6.20 Å². The predicted molar refractivity (Wildman–Crippen MR) is 94.7 cm³/mol. The van der Waals surface area contributed by atoms with Gasteiger partial charge in [-0.15, -0.1) is 0 Å². The largest absolute Gasteiger partial charge is 0.467 e. The van der Waals surface area contributed by atoms with Crippen molar-refractivity contribution in [3.8, 4) is 0 Å². The molecule has 0 radical (unpaired) electrons. The molecule has 0 N–H and O–H groups in total. The first-order valence-corrected chi connectivity index (χ1v) is 8.40. The zero-order valence-corrected chi connectivity index (χ0v) is 16.1. The molecule has 1 aliphatic heterocycles. The number of carbonyl (C=O) groups excluding carboxylic acids is 2. The number of hydrogen-bond acceptors (Lipinski definition) is 9. The summed E-state index contributed by atoms with van der Waals surface area (Å²) in [5.74, 6) is -0.786. The second kappa shape index (κ2) is 7.91. The normalized spacial score (nSPS) is 17.4. The van der Waals surface area contributed by atoms with Gasteiger partial charge in [0.15, 0.2) is 0 Å². The molecule has 1 aromatic heterocycles. The number of piperazine rings is 1. The topological polar surface area (TPSA) is 128 Å². The van der Waals surface area contributed by atoms with Crippen molar-refractivity contribution in [2.24, 2.45) is 0 Å². The summed E-state index contributed by atoms with van der Waals surface area (Å²) in [6.45, 7) is 5.36. The van der Waals surface area contributed by atoms with Crippen LogP contribution in [0.2, 0.25) is 5.28 Å². The lowest BCUT2D eigenvalue weighted by Crippen LogP contribution is -2.59. The maximum atomic E-state index is 12.3. The second-order valence-electron chi connectivity index (χ2n) is 6.76. The molecule has 1 aromatic rings. The summed E-state index contributed by atoms with van der Waals surface area (Å²) in [4.78, 5) is 45.5. The van der Waals surface area contributed by atoms with Gasteiger partial charge in [-0.2, -0.15) is 4.98 Å². The first kappa shape index (κ1) is 20.6. The van der Waals surface area contributed by atoms with Crippen LogP contribution in [0.3, 0.4) is 0 Å². The number of halogens is 1. The summed E-state index contributed by atoms with van der Waals surface area (Å²) < 4.78 is 10.1. The van der Waals surface area contributed by atoms with E-state index in [1.54, 1.807) is 20.8 Å². The van der Waals surface area contributed by atoms with Crippen LogP contribution in [0.4, 0.5) is 16.3 Å². The van der Waals surface area contributed by atoms with Gasteiger partial charge in [0, 0.05) is 13.1 Å². The van der Waals surface area contributed by atoms with Gasteiger partial charge in [0.25, 0.3) is 0 Å². The van der Waals surface area contributed by atoms with Crippen molar-refractivity contribution in [2.75, 3.05) is 31.6 Å². The number of rotatable bonds is 3. The SMILES string of the molecule is COC(=O)[C@H]1CN(C(=O)OC(C)(C)C)CCN1c1nc(Cl)ncc1[N+](=O)[O-]. The van der Waals surface area contributed by atoms with E-state index in [2.05, 4.69) is 9.97 Å². The summed E-state index contributed by atoms with van der Waals surface area (Å²) >= 11 is 5.78. The van der Waals surface area contributed by atoms with Crippen LogP contribution in [0, 0.1) is 10.1 Å². The Balaban J connectivity index is 2.34. The van der Waals surface area contributed by atoms with Crippen LogP contribution < -0.4 is 4.90 Å². The van der Waals surface area contributed by atoms with Gasteiger partial charge in [0.05, 0.1) is 18.6 Å². The van der Waals surface area contributed by atoms with E-state index in [4.69, 9.17) is 21.1 Å². The van der Waals surface area contributed by atoms with Crippen molar-refractivity contribution in [1.82, 2.24) is 14.9 Å². The molecule has 2 heterocycles. The molecule has 1 amide bonds. The minimum absolute atomic E-state index is 0.0830. The molecule has 12 heteroatoms. The molecule has 0 aliphatic carbocycles. The van der Waals surface area contributed by atoms with Gasteiger partial charge in [-0.25, -0.2) is 14.6 Å². The minimum atomic E-state index is -1.01. The van der Waals surface area contributed by atoms with Gasteiger partial charge in [-0.05, 0) is 32.4 Å². The van der Waals surface area contributed by atoms with E-state index in [0.29, 0.717) is 0 Å². The van der Waals surface area contributed by atoms with E-state index >= 15 is 0 Å². The van der Waals surface area contributed by atoms with E-state index in [-0.39, 0.29) is 30.7 Å². The van der Waals surface area contributed by atoms with Crippen LogP contribution in [-0.4, -0.2) is 70.2 Å². The maximum absolute atomic E-state index is 12.3. The van der Waals surface area contributed by atoms with Gasteiger partial charge in [0.1, 0.15) is 17.8 Å². The fourth-order valence-electron chi connectivity index (χ4n) is 2.55. The zero-order valence-electron chi connectivity index (χ0n) is 15.3. The van der Waals surface area contributed by atoms with Crippen molar-refractivity contribution < 1.29 is 24.0 Å². The summed E-state index contributed by atoms with van der Waals surface area (Å²) in [6, 6.07) is -1.01. The quantitative estimate of drug-likeness (QED) is 0.321. The maximum Gasteiger partial charge on any atom is 0.410 e. The molecular weight excluding hydrogens is 382 g/mol. The lowest BCUT2D eigenvalue weighted by Gasteiger charge is -2.40. The smallest absolute Gasteiger partial charge is 0.410 e. The summed E-state index contributed by atoms with van der Waals surface area (Å²) in [6.07, 6.45) is 0.380. The monoisotopic (exact) mass is 401 g/mol. The number of aromatic nitrogens is 2. The molecule has 0 spiro atoms. The van der Waals surface area contributed by atoms with E-state index < -0.39 is 34.3 Å². The first-order valence-electron chi connectivity index (χ1n) is 8.03. The Morgan fingerprint density at radius 2 is 2.04 bits per heavy atom. The molecule has 148 valence electrons.